The van der Waals surface area contributed by atoms with Crippen LogP contribution in [0.1, 0.15) is 51.4 Å². The van der Waals surface area contributed by atoms with Gasteiger partial charge in [-0.1, -0.05) is 12.8 Å². The monoisotopic (exact) mass is 317 g/mol. The number of carbonyl (C=O) groups is 2. The van der Waals surface area contributed by atoms with Gasteiger partial charge < -0.3 is 16.4 Å². The Kier molecular flexibility index (Phi) is 7.46. The molecule has 1 aliphatic heterocycles. The zero-order chi connectivity index (χ0) is 14.5. The first-order chi connectivity index (χ1) is 9.63. The van der Waals surface area contributed by atoms with Gasteiger partial charge in [-0.3, -0.25) is 9.59 Å². The van der Waals surface area contributed by atoms with Crippen LogP contribution in [0.2, 0.25) is 0 Å². The molecule has 0 bridgehead atoms. The highest BCUT2D eigenvalue weighted by Crippen LogP contribution is 2.31. The van der Waals surface area contributed by atoms with Crippen molar-refractivity contribution in [3.05, 3.63) is 0 Å². The summed E-state index contributed by atoms with van der Waals surface area (Å²) in [6.45, 7) is 1.40. The van der Waals surface area contributed by atoms with Gasteiger partial charge >= 0.3 is 0 Å². The molecule has 6 heteroatoms. The van der Waals surface area contributed by atoms with E-state index in [-0.39, 0.29) is 30.1 Å². The Labute approximate surface area is 133 Å². The van der Waals surface area contributed by atoms with Crippen molar-refractivity contribution in [1.82, 2.24) is 4.90 Å². The third-order valence-corrected chi connectivity index (χ3v) is 4.89. The zero-order valence-electron chi connectivity index (χ0n) is 12.6. The molecule has 1 unspecified atom stereocenters. The van der Waals surface area contributed by atoms with Gasteiger partial charge in [-0.15, -0.1) is 12.4 Å². The van der Waals surface area contributed by atoms with Gasteiger partial charge in [0.15, 0.2) is 0 Å². The van der Waals surface area contributed by atoms with Gasteiger partial charge in [-0.2, -0.15) is 0 Å². The van der Waals surface area contributed by atoms with Crippen LogP contribution in [-0.2, 0) is 9.59 Å². The third kappa shape index (κ3) is 4.58. The van der Waals surface area contributed by atoms with Crippen LogP contribution >= 0.6 is 12.4 Å². The second kappa shape index (κ2) is 8.59. The molecule has 1 saturated heterocycles. The maximum atomic E-state index is 12.7. The summed E-state index contributed by atoms with van der Waals surface area (Å²) in [5.74, 6) is 0.426. The van der Waals surface area contributed by atoms with Crippen LogP contribution < -0.4 is 11.5 Å². The summed E-state index contributed by atoms with van der Waals surface area (Å²) in [5.41, 5.74) is 11.2. The van der Waals surface area contributed by atoms with Gasteiger partial charge in [0.05, 0.1) is 0 Å². The molecule has 1 atom stereocenters. The quantitative estimate of drug-likeness (QED) is 0.825. The third-order valence-electron chi connectivity index (χ3n) is 4.89. The molecule has 2 rings (SSSR count). The van der Waals surface area contributed by atoms with Crippen molar-refractivity contribution in [1.29, 1.82) is 0 Å². The Balaban J connectivity index is 0.00000220. The number of amides is 2. The summed E-state index contributed by atoms with van der Waals surface area (Å²) in [6.07, 6.45) is 7.63. The Bertz CT molecular complexity index is 357. The summed E-state index contributed by atoms with van der Waals surface area (Å²) >= 11 is 0. The number of rotatable bonds is 3. The molecule has 2 fully saturated rings. The molecular weight excluding hydrogens is 290 g/mol. The van der Waals surface area contributed by atoms with Crippen molar-refractivity contribution in [3.63, 3.8) is 0 Å². The molecule has 21 heavy (non-hydrogen) atoms. The smallest absolute Gasteiger partial charge is 0.240 e. The van der Waals surface area contributed by atoms with Crippen molar-refractivity contribution in [2.45, 2.75) is 57.4 Å². The minimum Gasteiger partial charge on any atom is -0.368 e. The van der Waals surface area contributed by atoms with Gasteiger partial charge in [0.2, 0.25) is 11.8 Å². The molecule has 4 N–H and O–H groups in total. The second-order valence-corrected chi connectivity index (χ2v) is 6.25. The normalized spacial score (nSPS) is 30.1. The molecule has 5 nitrogen and oxygen atoms in total. The summed E-state index contributed by atoms with van der Waals surface area (Å²) < 4.78 is 0. The summed E-state index contributed by atoms with van der Waals surface area (Å²) in [5, 5.41) is 0. The van der Waals surface area contributed by atoms with Gasteiger partial charge in [0.25, 0.3) is 0 Å². The zero-order valence-corrected chi connectivity index (χ0v) is 13.4. The molecular formula is C15H28ClN3O2. The van der Waals surface area contributed by atoms with Crippen molar-refractivity contribution in [3.8, 4) is 0 Å². The number of nitrogens with zero attached hydrogens (tertiary/aromatic N) is 1. The van der Waals surface area contributed by atoms with Gasteiger partial charge in [0, 0.05) is 12.5 Å². The minimum atomic E-state index is -0.391. The second-order valence-electron chi connectivity index (χ2n) is 6.25. The van der Waals surface area contributed by atoms with E-state index in [4.69, 9.17) is 11.5 Å². The Morgan fingerprint density at radius 2 is 1.67 bits per heavy atom. The van der Waals surface area contributed by atoms with Crippen molar-refractivity contribution in [2.75, 3.05) is 13.1 Å². The summed E-state index contributed by atoms with van der Waals surface area (Å²) in [6, 6.07) is -0.391. The van der Waals surface area contributed by atoms with Crippen LogP contribution in [0, 0.1) is 11.8 Å². The average Bonchev–Trinajstić information content (AvgIpc) is 2.72. The highest BCUT2D eigenvalue weighted by molar-refractivity contribution is 5.87. The highest BCUT2D eigenvalue weighted by Gasteiger charge is 2.34. The SMILES string of the molecule is Cl.NCC1CCC(C(=O)N2CCCCCC2C(N)=O)CC1. The lowest BCUT2D eigenvalue weighted by Crippen LogP contribution is -2.50. The maximum absolute atomic E-state index is 12.7. The van der Waals surface area contributed by atoms with Gasteiger partial charge in [-0.25, -0.2) is 0 Å². The molecule has 2 amide bonds. The van der Waals surface area contributed by atoms with Crippen molar-refractivity contribution < 1.29 is 9.59 Å². The molecule has 122 valence electrons. The van der Waals surface area contributed by atoms with Crippen molar-refractivity contribution in [2.24, 2.45) is 23.3 Å². The van der Waals surface area contributed by atoms with E-state index in [1.807, 2.05) is 0 Å². The minimum absolute atomic E-state index is 0. The van der Waals surface area contributed by atoms with E-state index >= 15 is 0 Å². The molecule has 1 aliphatic carbocycles. The molecule has 1 saturated carbocycles. The first-order valence-electron chi connectivity index (χ1n) is 7.93. The molecule has 2 aliphatic rings. The van der Waals surface area contributed by atoms with Crippen LogP contribution in [0.3, 0.4) is 0 Å². The lowest BCUT2D eigenvalue weighted by atomic mass is 9.81. The Hall–Kier alpha value is -0.810. The van der Waals surface area contributed by atoms with E-state index in [2.05, 4.69) is 0 Å². The largest absolute Gasteiger partial charge is 0.368 e. The van der Waals surface area contributed by atoms with Crippen molar-refractivity contribution >= 4 is 24.2 Å². The van der Waals surface area contributed by atoms with E-state index in [1.165, 1.54) is 0 Å². The molecule has 0 radical (unpaired) electrons. The predicted octanol–water partition coefficient (Wildman–Crippen LogP) is 1.43. The maximum Gasteiger partial charge on any atom is 0.240 e. The van der Waals surface area contributed by atoms with Crippen LogP contribution in [0.15, 0.2) is 0 Å². The number of hydrogen-bond donors (Lipinski definition) is 2. The fourth-order valence-electron chi connectivity index (χ4n) is 3.55. The Morgan fingerprint density at radius 1 is 1.00 bits per heavy atom. The lowest BCUT2D eigenvalue weighted by Gasteiger charge is -2.34. The van der Waals surface area contributed by atoms with E-state index < -0.39 is 6.04 Å². The number of carbonyl (C=O) groups excluding carboxylic acids is 2. The van der Waals surface area contributed by atoms with E-state index in [9.17, 15) is 9.59 Å². The Morgan fingerprint density at radius 3 is 2.24 bits per heavy atom. The lowest BCUT2D eigenvalue weighted by molar-refractivity contribution is -0.143. The summed E-state index contributed by atoms with van der Waals surface area (Å²) in [7, 11) is 0. The molecule has 0 aromatic carbocycles. The van der Waals surface area contributed by atoms with E-state index in [1.54, 1.807) is 4.90 Å². The van der Waals surface area contributed by atoms with Crippen LogP contribution in [0.4, 0.5) is 0 Å². The topological polar surface area (TPSA) is 89.4 Å². The van der Waals surface area contributed by atoms with Gasteiger partial charge in [0.1, 0.15) is 6.04 Å². The number of likely N-dealkylation sites (tertiary alicyclic amines) is 1. The van der Waals surface area contributed by atoms with E-state index in [0.717, 1.165) is 51.4 Å². The summed E-state index contributed by atoms with van der Waals surface area (Å²) in [4.78, 5) is 26.1. The first kappa shape index (κ1) is 18.2. The standard InChI is InChI=1S/C15H27N3O2.ClH/c16-10-11-5-7-12(8-6-11)15(20)18-9-3-1-2-4-13(18)14(17)19;/h11-13H,1-10,16H2,(H2,17,19);1H. The van der Waals surface area contributed by atoms with E-state index in [0.29, 0.717) is 19.0 Å². The molecule has 0 aromatic heterocycles. The number of halogens is 1. The number of primary amides is 1. The molecule has 0 aromatic rings. The average molecular weight is 318 g/mol. The fourth-order valence-corrected chi connectivity index (χ4v) is 3.55. The number of nitrogens with two attached hydrogens (primary N) is 2. The molecule has 0 spiro atoms. The predicted molar refractivity (Wildman–Crippen MR) is 84.9 cm³/mol. The van der Waals surface area contributed by atoms with Crippen LogP contribution in [0.5, 0.6) is 0 Å². The van der Waals surface area contributed by atoms with Gasteiger partial charge in [-0.05, 0) is 51.0 Å². The fraction of sp³-hybridized carbons (Fsp3) is 0.867. The van der Waals surface area contributed by atoms with Crippen LogP contribution in [0.25, 0.3) is 0 Å². The first-order valence-corrected chi connectivity index (χ1v) is 7.93. The highest BCUT2D eigenvalue weighted by atomic mass is 35.5. The van der Waals surface area contributed by atoms with Crippen LogP contribution in [-0.4, -0.2) is 35.8 Å². The number of hydrogen-bond acceptors (Lipinski definition) is 3. The molecule has 1 heterocycles.